The van der Waals surface area contributed by atoms with E-state index in [0.717, 1.165) is 42.7 Å². The van der Waals surface area contributed by atoms with Crippen molar-refractivity contribution < 1.29 is 4.74 Å². The normalized spacial score (nSPS) is 18.8. The molecule has 3 aromatic carbocycles. The predicted octanol–water partition coefficient (Wildman–Crippen LogP) is 7.02. The minimum absolute atomic E-state index is 0.197. The first kappa shape index (κ1) is 20.0. The van der Waals surface area contributed by atoms with Gasteiger partial charge in [0, 0.05) is 25.1 Å². The highest BCUT2D eigenvalue weighted by molar-refractivity contribution is 9.10. The van der Waals surface area contributed by atoms with Crippen LogP contribution < -0.4 is 10.1 Å². The third kappa shape index (κ3) is 3.27. The van der Waals surface area contributed by atoms with Crippen LogP contribution in [-0.2, 0) is 0 Å². The maximum Gasteiger partial charge on any atom is 0.226 e. The molecule has 4 aromatic rings. The van der Waals surface area contributed by atoms with Crippen molar-refractivity contribution in [3.8, 4) is 5.75 Å². The maximum atomic E-state index is 6.61. The zero-order valence-electron chi connectivity index (χ0n) is 16.5. The van der Waals surface area contributed by atoms with Crippen LogP contribution >= 0.6 is 43.5 Å². The lowest BCUT2D eigenvalue weighted by Gasteiger charge is -2.39. The molecule has 0 unspecified atom stereocenters. The number of halogens is 3. The van der Waals surface area contributed by atoms with Crippen molar-refractivity contribution in [2.24, 2.45) is 0 Å². The minimum Gasteiger partial charge on any atom is -0.480 e. The third-order valence-corrected chi connectivity index (χ3v) is 7.03. The van der Waals surface area contributed by atoms with E-state index in [4.69, 9.17) is 16.3 Å². The molecular weight excluding hydrogens is 556 g/mol. The Kier molecular flexibility index (Phi) is 4.86. The van der Waals surface area contributed by atoms with Gasteiger partial charge in [-0.2, -0.15) is 10.1 Å². The van der Waals surface area contributed by atoms with Gasteiger partial charge in [0.1, 0.15) is 24.2 Å². The molecule has 0 spiro atoms. The highest BCUT2D eigenvalue weighted by Gasteiger charge is 2.41. The second-order valence-electron chi connectivity index (χ2n) is 7.63. The minimum atomic E-state index is -0.315. The number of nitrogens with zero attached hydrogens (tertiary/aromatic N) is 3. The van der Waals surface area contributed by atoms with E-state index >= 15 is 0 Å². The van der Waals surface area contributed by atoms with Crippen LogP contribution in [0.2, 0.25) is 5.02 Å². The van der Waals surface area contributed by atoms with E-state index in [-0.39, 0.29) is 12.1 Å². The van der Waals surface area contributed by atoms with Gasteiger partial charge in [0.05, 0.1) is 5.70 Å². The number of hydrogen-bond acceptors (Lipinski definition) is 4. The van der Waals surface area contributed by atoms with Gasteiger partial charge in [-0.05, 0) is 53.6 Å². The fraction of sp³-hybridized carbons (Fsp3) is 0.0833. The van der Waals surface area contributed by atoms with E-state index in [1.54, 1.807) is 6.33 Å². The van der Waals surface area contributed by atoms with Gasteiger partial charge in [-0.1, -0.05) is 67.7 Å². The molecule has 8 heteroatoms. The lowest BCUT2D eigenvalue weighted by Crippen LogP contribution is -2.32. The molecule has 0 aliphatic carbocycles. The Labute approximate surface area is 206 Å². The summed E-state index contributed by atoms with van der Waals surface area (Å²) in [6, 6.07) is 22.0. The smallest absolute Gasteiger partial charge is 0.226 e. The lowest BCUT2D eigenvalue weighted by atomic mass is 9.84. The maximum absolute atomic E-state index is 6.61. The fourth-order valence-corrected chi connectivity index (χ4v) is 5.02. The summed E-state index contributed by atoms with van der Waals surface area (Å²) in [5, 5.41) is 8.70. The standard InChI is InChI=1S/C24H15Br2ClN4O/c25-15-5-1-13(2-6-15)22-20-21(30-24-28-12-29-31(22)24)18-11-17(27)9-10-19(18)32-23(20)14-3-7-16(26)8-4-14/h1-12,22-23H,(H,28,29,30)/t22-,23+/m0/s1. The Bertz CT molecular complexity index is 1370. The molecular formula is C24H15Br2ClN4O. The number of nitrogens with one attached hydrogen (secondary N) is 1. The molecule has 5 nitrogen and oxygen atoms in total. The summed E-state index contributed by atoms with van der Waals surface area (Å²) in [6.07, 6.45) is 1.26. The number of rotatable bonds is 2. The van der Waals surface area contributed by atoms with Gasteiger partial charge >= 0.3 is 0 Å². The summed E-state index contributed by atoms with van der Waals surface area (Å²) in [7, 11) is 0. The average molecular weight is 571 g/mol. The molecule has 1 N–H and O–H groups in total. The zero-order chi connectivity index (χ0) is 21.8. The summed E-state index contributed by atoms with van der Waals surface area (Å²) in [6.45, 7) is 0. The number of benzene rings is 3. The van der Waals surface area contributed by atoms with Crippen molar-refractivity contribution in [3.63, 3.8) is 0 Å². The average Bonchev–Trinajstić information content (AvgIpc) is 3.27. The first-order chi connectivity index (χ1) is 15.6. The summed E-state index contributed by atoms with van der Waals surface area (Å²) in [4.78, 5) is 4.46. The van der Waals surface area contributed by atoms with E-state index in [1.165, 1.54) is 0 Å². The summed E-state index contributed by atoms with van der Waals surface area (Å²) in [5.41, 5.74) is 5.06. The second kappa shape index (κ2) is 7.76. The van der Waals surface area contributed by atoms with Gasteiger partial charge in [0.2, 0.25) is 5.95 Å². The van der Waals surface area contributed by atoms with Gasteiger partial charge in [-0.25, -0.2) is 4.68 Å². The van der Waals surface area contributed by atoms with Gasteiger partial charge in [0.15, 0.2) is 0 Å². The summed E-state index contributed by atoms with van der Waals surface area (Å²) in [5.74, 6) is 1.45. The number of ether oxygens (including phenoxy) is 1. The second-order valence-corrected chi connectivity index (χ2v) is 9.90. The lowest BCUT2D eigenvalue weighted by molar-refractivity contribution is 0.223. The predicted molar refractivity (Wildman–Crippen MR) is 132 cm³/mol. The van der Waals surface area contributed by atoms with E-state index in [0.29, 0.717) is 11.0 Å². The first-order valence-corrected chi connectivity index (χ1v) is 11.9. The number of hydrogen-bond donors (Lipinski definition) is 1. The molecule has 2 atom stereocenters. The Balaban J connectivity index is 1.63. The number of aromatic nitrogens is 3. The molecule has 32 heavy (non-hydrogen) atoms. The summed E-state index contributed by atoms with van der Waals surface area (Å²) >= 11 is 13.5. The van der Waals surface area contributed by atoms with Crippen LogP contribution in [-0.4, -0.2) is 14.8 Å². The first-order valence-electron chi connectivity index (χ1n) is 9.96. The molecule has 0 saturated heterocycles. The quantitative estimate of drug-likeness (QED) is 0.282. The van der Waals surface area contributed by atoms with E-state index in [1.807, 2.05) is 47.1 Å². The molecule has 0 bridgehead atoms. The van der Waals surface area contributed by atoms with E-state index < -0.39 is 0 Å². The Morgan fingerprint density at radius 2 is 1.59 bits per heavy atom. The van der Waals surface area contributed by atoms with Crippen molar-refractivity contribution in [3.05, 3.63) is 109 Å². The highest BCUT2D eigenvalue weighted by atomic mass is 79.9. The van der Waals surface area contributed by atoms with E-state index in [9.17, 15) is 0 Å². The van der Waals surface area contributed by atoms with Crippen LogP contribution in [0.4, 0.5) is 5.95 Å². The van der Waals surface area contributed by atoms with Crippen molar-refractivity contribution in [1.29, 1.82) is 0 Å². The Morgan fingerprint density at radius 3 is 2.31 bits per heavy atom. The molecule has 0 fully saturated rings. The number of anilines is 1. The van der Waals surface area contributed by atoms with Gasteiger partial charge in [-0.3, -0.25) is 0 Å². The monoisotopic (exact) mass is 568 g/mol. The van der Waals surface area contributed by atoms with Crippen LogP contribution in [0.5, 0.6) is 5.75 Å². The Hall–Kier alpha value is -2.61. The van der Waals surface area contributed by atoms with Crippen LogP contribution in [0.25, 0.3) is 5.70 Å². The van der Waals surface area contributed by atoms with Gasteiger partial charge in [0.25, 0.3) is 0 Å². The van der Waals surface area contributed by atoms with E-state index in [2.05, 4.69) is 71.5 Å². The highest BCUT2D eigenvalue weighted by Crippen LogP contribution is 2.51. The largest absolute Gasteiger partial charge is 0.480 e. The van der Waals surface area contributed by atoms with Gasteiger partial charge in [-0.15, -0.1) is 0 Å². The summed E-state index contributed by atoms with van der Waals surface area (Å²) < 4.78 is 10.6. The van der Waals surface area contributed by atoms with Crippen LogP contribution in [0.1, 0.15) is 28.8 Å². The van der Waals surface area contributed by atoms with Crippen LogP contribution in [0, 0.1) is 0 Å². The zero-order valence-corrected chi connectivity index (χ0v) is 20.4. The molecule has 0 amide bonds. The van der Waals surface area contributed by atoms with Crippen molar-refractivity contribution in [2.45, 2.75) is 12.1 Å². The Morgan fingerprint density at radius 1 is 0.906 bits per heavy atom. The fourth-order valence-electron chi connectivity index (χ4n) is 4.32. The van der Waals surface area contributed by atoms with Crippen LogP contribution in [0.3, 0.4) is 0 Å². The molecule has 0 radical (unpaired) electrons. The topological polar surface area (TPSA) is 52.0 Å². The van der Waals surface area contributed by atoms with Crippen molar-refractivity contribution in [2.75, 3.05) is 5.32 Å². The van der Waals surface area contributed by atoms with Crippen molar-refractivity contribution >= 4 is 55.1 Å². The molecule has 2 aliphatic rings. The molecule has 1 aromatic heterocycles. The molecule has 2 aliphatic heterocycles. The number of fused-ring (bicyclic) bond motifs is 3. The van der Waals surface area contributed by atoms with Crippen molar-refractivity contribution in [1.82, 2.24) is 14.8 Å². The molecule has 6 rings (SSSR count). The third-order valence-electron chi connectivity index (χ3n) is 5.73. The molecule has 158 valence electrons. The van der Waals surface area contributed by atoms with Gasteiger partial charge < -0.3 is 10.1 Å². The molecule has 0 saturated carbocycles. The SMILES string of the molecule is Clc1ccc2c(c1)C1=C([C@H](c3ccc(Br)cc3)n3ncnc3N1)[C@@H](c1ccc(Br)cc1)O2. The van der Waals surface area contributed by atoms with Crippen LogP contribution in [0.15, 0.2) is 87.6 Å². The molecule has 3 heterocycles.